The molecule has 21 heavy (non-hydrogen) atoms. The summed E-state index contributed by atoms with van der Waals surface area (Å²) in [6, 6.07) is 12.2. The highest BCUT2D eigenvalue weighted by molar-refractivity contribution is 5.66. The molecule has 0 spiro atoms. The summed E-state index contributed by atoms with van der Waals surface area (Å²) < 4.78 is 7.15. The second kappa shape index (κ2) is 4.73. The van der Waals surface area contributed by atoms with Gasteiger partial charge in [-0.15, -0.1) is 15.3 Å². The van der Waals surface area contributed by atoms with E-state index in [-0.39, 0.29) is 0 Å². The maximum Gasteiger partial charge on any atom is 0.189 e. The van der Waals surface area contributed by atoms with E-state index < -0.39 is 0 Å². The fraction of sp³-hybridized carbons (Fsp3) is 0.267. The van der Waals surface area contributed by atoms with Crippen molar-refractivity contribution in [3.63, 3.8) is 0 Å². The molecule has 106 valence electrons. The number of fused-ring (bicyclic) bond motifs is 1. The number of methoxy groups -OCH3 is 1. The molecule has 2 aromatic heterocycles. The highest BCUT2D eigenvalue weighted by Gasteiger charge is 2.22. The lowest BCUT2D eigenvalue weighted by atomic mass is 10.2. The number of hydrogen-bond acceptors (Lipinski definition) is 5. The number of benzene rings is 1. The van der Waals surface area contributed by atoms with Crippen molar-refractivity contribution in [2.24, 2.45) is 0 Å². The zero-order valence-corrected chi connectivity index (χ0v) is 11.7. The Bertz CT molecular complexity index is 794. The molecule has 1 saturated carbocycles. The molecule has 1 aromatic carbocycles. The van der Waals surface area contributed by atoms with Crippen molar-refractivity contribution in [1.82, 2.24) is 19.8 Å². The molecule has 0 unspecified atom stereocenters. The molecule has 1 aliphatic rings. The third-order valence-corrected chi connectivity index (χ3v) is 3.54. The van der Waals surface area contributed by atoms with Crippen LogP contribution in [0.2, 0.25) is 0 Å². The van der Waals surface area contributed by atoms with Gasteiger partial charge in [-0.2, -0.15) is 4.52 Å². The predicted molar refractivity (Wildman–Crippen MR) is 79.4 cm³/mol. The first-order valence-corrected chi connectivity index (χ1v) is 6.97. The Morgan fingerprint density at radius 1 is 1.14 bits per heavy atom. The molecule has 0 saturated heterocycles. The summed E-state index contributed by atoms with van der Waals surface area (Å²) in [5.74, 6) is 2.29. The Kier molecular flexibility index (Phi) is 2.73. The highest BCUT2D eigenvalue weighted by Crippen LogP contribution is 2.29. The van der Waals surface area contributed by atoms with Gasteiger partial charge in [-0.1, -0.05) is 12.1 Å². The largest absolute Gasteiger partial charge is 0.496 e. The van der Waals surface area contributed by atoms with E-state index in [9.17, 15) is 0 Å². The van der Waals surface area contributed by atoms with Crippen LogP contribution in [-0.2, 0) is 0 Å². The second-order valence-corrected chi connectivity index (χ2v) is 5.13. The number of para-hydroxylation sites is 1. The van der Waals surface area contributed by atoms with Gasteiger partial charge in [0.2, 0.25) is 0 Å². The zero-order valence-electron chi connectivity index (χ0n) is 11.7. The number of anilines is 1. The summed E-state index contributed by atoms with van der Waals surface area (Å²) >= 11 is 0. The SMILES string of the molecule is COc1ccccc1-c1nnc2ccc(NC3CC3)nn12. The molecule has 3 aromatic rings. The minimum Gasteiger partial charge on any atom is -0.496 e. The molecule has 6 heteroatoms. The molecule has 0 atom stereocenters. The number of nitrogens with zero attached hydrogens (tertiary/aromatic N) is 4. The quantitative estimate of drug-likeness (QED) is 0.795. The molecular weight excluding hydrogens is 266 g/mol. The van der Waals surface area contributed by atoms with Gasteiger partial charge in [0.05, 0.1) is 12.7 Å². The summed E-state index contributed by atoms with van der Waals surface area (Å²) in [7, 11) is 1.65. The van der Waals surface area contributed by atoms with Gasteiger partial charge < -0.3 is 10.1 Å². The normalized spacial score (nSPS) is 14.3. The highest BCUT2D eigenvalue weighted by atomic mass is 16.5. The Labute approximate surface area is 121 Å². The molecule has 4 rings (SSSR count). The van der Waals surface area contributed by atoms with Crippen molar-refractivity contribution in [2.75, 3.05) is 12.4 Å². The van der Waals surface area contributed by atoms with Gasteiger partial charge in [0.25, 0.3) is 0 Å². The third-order valence-electron chi connectivity index (χ3n) is 3.54. The second-order valence-electron chi connectivity index (χ2n) is 5.13. The lowest BCUT2D eigenvalue weighted by molar-refractivity contribution is 0.416. The van der Waals surface area contributed by atoms with Crippen LogP contribution < -0.4 is 10.1 Å². The Morgan fingerprint density at radius 3 is 2.81 bits per heavy atom. The summed E-state index contributed by atoms with van der Waals surface area (Å²) in [4.78, 5) is 0. The van der Waals surface area contributed by atoms with Crippen molar-refractivity contribution in [3.05, 3.63) is 36.4 Å². The number of ether oxygens (including phenoxy) is 1. The number of hydrogen-bond donors (Lipinski definition) is 1. The number of nitrogens with one attached hydrogen (secondary N) is 1. The first kappa shape index (κ1) is 12.1. The van der Waals surface area contributed by atoms with Crippen LogP contribution in [0.25, 0.3) is 17.0 Å². The number of aromatic nitrogens is 4. The van der Waals surface area contributed by atoms with E-state index in [1.807, 2.05) is 36.4 Å². The van der Waals surface area contributed by atoms with Crippen molar-refractivity contribution in [1.29, 1.82) is 0 Å². The van der Waals surface area contributed by atoms with Crippen LogP contribution in [0.15, 0.2) is 36.4 Å². The Balaban J connectivity index is 1.83. The van der Waals surface area contributed by atoms with E-state index in [1.54, 1.807) is 11.6 Å². The van der Waals surface area contributed by atoms with Crippen LogP contribution in [0, 0.1) is 0 Å². The van der Waals surface area contributed by atoms with Crippen LogP contribution >= 0.6 is 0 Å². The van der Waals surface area contributed by atoms with Crippen LogP contribution in [0.5, 0.6) is 5.75 Å². The molecular formula is C15H15N5O. The van der Waals surface area contributed by atoms with E-state index in [2.05, 4.69) is 20.6 Å². The monoisotopic (exact) mass is 281 g/mol. The van der Waals surface area contributed by atoms with Crippen molar-refractivity contribution in [2.45, 2.75) is 18.9 Å². The van der Waals surface area contributed by atoms with Gasteiger partial charge in [-0.25, -0.2) is 0 Å². The summed E-state index contributed by atoms with van der Waals surface area (Å²) in [6.07, 6.45) is 2.42. The first-order chi connectivity index (χ1) is 10.3. The number of rotatable bonds is 4. The minimum atomic E-state index is 0.557. The lowest BCUT2D eigenvalue weighted by Gasteiger charge is -2.07. The van der Waals surface area contributed by atoms with E-state index >= 15 is 0 Å². The molecule has 0 radical (unpaired) electrons. The maximum absolute atomic E-state index is 5.40. The maximum atomic E-state index is 5.40. The first-order valence-electron chi connectivity index (χ1n) is 6.97. The zero-order chi connectivity index (χ0) is 14.2. The van der Waals surface area contributed by atoms with Gasteiger partial charge in [0.1, 0.15) is 11.6 Å². The van der Waals surface area contributed by atoms with Gasteiger partial charge in [0.15, 0.2) is 11.5 Å². The molecule has 0 aliphatic heterocycles. The fourth-order valence-electron chi connectivity index (χ4n) is 2.30. The molecule has 1 fully saturated rings. The lowest BCUT2D eigenvalue weighted by Crippen LogP contribution is -2.06. The predicted octanol–water partition coefficient (Wildman–Crippen LogP) is 2.37. The van der Waals surface area contributed by atoms with Gasteiger partial charge >= 0.3 is 0 Å². The third kappa shape index (κ3) is 2.18. The standard InChI is InChI=1S/C15H15N5O/c1-21-12-5-3-2-4-11(12)15-18-17-14-9-8-13(19-20(14)15)16-10-6-7-10/h2-5,8-10H,6-7H2,1H3,(H,16,19). The van der Waals surface area contributed by atoms with E-state index in [1.165, 1.54) is 12.8 Å². The summed E-state index contributed by atoms with van der Waals surface area (Å²) in [5.41, 5.74) is 1.60. The van der Waals surface area contributed by atoms with Crippen LogP contribution in [0.1, 0.15) is 12.8 Å². The van der Waals surface area contributed by atoms with E-state index in [0.29, 0.717) is 11.9 Å². The van der Waals surface area contributed by atoms with Crippen molar-refractivity contribution >= 4 is 11.5 Å². The summed E-state index contributed by atoms with van der Waals surface area (Å²) in [5, 5.41) is 16.4. The smallest absolute Gasteiger partial charge is 0.189 e. The molecule has 2 heterocycles. The van der Waals surface area contributed by atoms with Gasteiger partial charge in [-0.05, 0) is 37.1 Å². The van der Waals surface area contributed by atoms with Crippen molar-refractivity contribution < 1.29 is 4.74 Å². The topological polar surface area (TPSA) is 64.3 Å². The Morgan fingerprint density at radius 2 is 2.00 bits per heavy atom. The molecule has 1 aliphatic carbocycles. The van der Waals surface area contributed by atoms with Crippen LogP contribution in [-0.4, -0.2) is 33.0 Å². The van der Waals surface area contributed by atoms with E-state index in [4.69, 9.17) is 4.74 Å². The van der Waals surface area contributed by atoms with Crippen LogP contribution in [0.4, 0.5) is 5.82 Å². The molecule has 0 amide bonds. The van der Waals surface area contributed by atoms with Gasteiger partial charge in [-0.3, -0.25) is 0 Å². The molecule has 0 bridgehead atoms. The average Bonchev–Trinajstić information content (AvgIpc) is 3.24. The Hall–Kier alpha value is -2.63. The average molecular weight is 281 g/mol. The van der Waals surface area contributed by atoms with Crippen molar-refractivity contribution in [3.8, 4) is 17.1 Å². The fourth-order valence-corrected chi connectivity index (χ4v) is 2.30. The minimum absolute atomic E-state index is 0.557. The summed E-state index contributed by atoms with van der Waals surface area (Å²) in [6.45, 7) is 0. The van der Waals surface area contributed by atoms with E-state index in [0.717, 1.165) is 22.8 Å². The van der Waals surface area contributed by atoms with Crippen LogP contribution in [0.3, 0.4) is 0 Å². The molecule has 6 nitrogen and oxygen atoms in total. The molecule has 1 N–H and O–H groups in total. The van der Waals surface area contributed by atoms with Gasteiger partial charge in [0, 0.05) is 6.04 Å².